The van der Waals surface area contributed by atoms with Gasteiger partial charge in [0.1, 0.15) is 0 Å². The molecule has 0 aliphatic carbocycles. The molecule has 2 N–H and O–H groups in total. The van der Waals surface area contributed by atoms with Crippen LogP contribution in [0.4, 0.5) is 0 Å². The quantitative estimate of drug-likeness (QED) is 0.733. The molecule has 2 aromatic heterocycles. The third kappa shape index (κ3) is 3.23. The summed E-state index contributed by atoms with van der Waals surface area (Å²) in [7, 11) is 0. The van der Waals surface area contributed by atoms with E-state index in [9.17, 15) is 0 Å². The minimum absolute atomic E-state index is 0.607. The van der Waals surface area contributed by atoms with Gasteiger partial charge in [-0.25, -0.2) is 4.98 Å². The first-order valence-electron chi connectivity index (χ1n) is 7.53. The Morgan fingerprint density at radius 3 is 2.50 bits per heavy atom. The maximum Gasteiger partial charge on any atom is 0.206 e. The van der Waals surface area contributed by atoms with Crippen molar-refractivity contribution in [1.82, 2.24) is 9.55 Å². The Labute approximate surface area is 130 Å². The lowest BCUT2D eigenvalue weighted by molar-refractivity contribution is -0.689. The second kappa shape index (κ2) is 6.54. The molecule has 0 fully saturated rings. The fourth-order valence-electron chi connectivity index (χ4n) is 2.48. The fourth-order valence-corrected chi connectivity index (χ4v) is 2.48. The lowest BCUT2D eigenvalue weighted by Gasteiger charge is -2.02. The SMILES string of the molecule is Cc1ccc(-c2cn(CCN)c(C[n+]3ccccc3)n2)cc1. The highest BCUT2D eigenvalue weighted by molar-refractivity contribution is 5.59. The van der Waals surface area contributed by atoms with Crippen molar-refractivity contribution in [3.05, 3.63) is 72.4 Å². The molecule has 2 heterocycles. The molecular weight excluding hydrogens is 272 g/mol. The molecule has 0 amide bonds. The highest BCUT2D eigenvalue weighted by Crippen LogP contribution is 2.19. The molecule has 112 valence electrons. The molecule has 0 unspecified atom stereocenters. The number of rotatable bonds is 5. The second-order valence-corrected chi connectivity index (χ2v) is 5.44. The molecule has 0 bridgehead atoms. The summed E-state index contributed by atoms with van der Waals surface area (Å²) in [5.74, 6) is 1.03. The van der Waals surface area contributed by atoms with Gasteiger partial charge in [0.2, 0.25) is 6.54 Å². The van der Waals surface area contributed by atoms with Gasteiger partial charge in [-0.1, -0.05) is 35.9 Å². The molecule has 0 aliphatic rings. The third-order valence-electron chi connectivity index (χ3n) is 3.68. The Balaban J connectivity index is 1.93. The number of aromatic nitrogens is 3. The van der Waals surface area contributed by atoms with E-state index in [-0.39, 0.29) is 0 Å². The van der Waals surface area contributed by atoms with Crippen molar-refractivity contribution < 1.29 is 4.57 Å². The standard InChI is InChI=1S/C18H21N4/c1-15-5-7-16(8-6-15)17-13-22(12-9-19)18(20-17)14-21-10-3-2-4-11-21/h2-8,10-11,13H,9,12,14,19H2,1H3/q+1. The largest absolute Gasteiger partial charge is 0.329 e. The molecule has 22 heavy (non-hydrogen) atoms. The van der Waals surface area contributed by atoms with Crippen LogP contribution in [-0.4, -0.2) is 16.1 Å². The number of aryl methyl sites for hydroxylation is 1. The summed E-state index contributed by atoms with van der Waals surface area (Å²) in [6.07, 6.45) is 6.19. The van der Waals surface area contributed by atoms with Crippen LogP contribution in [0.5, 0.6) is 0 Å². The van der Waals surface area contributed by atoms with Gasteiger partial charge in [0.15, 0.2) is 18.2 Å². The zero-order chi connectivity index (χ0) is 15.4. The van der Waals surface area contributed by atoms with Crippen LogP contribution < -0.4 is 10.3 Å². The highest BCUT2D eigenvalue weighted by atomic mass is 15.1. The van der Waals surface area contributed by atoms with E-state index in [1.54, 1.807) is 0 Å². The van der Waals surface area contributed by atoms with Crippen molar-refractivity contribution in [2.45, 2.75) is 20.0 Å². The maximum absolute atomic E-state index is 5.74. The Morgan fingerprint density at radius 2 is 1.82 bits per heavy atom. The van der Waals surface area contributed by atoms with Crippen LogP contribution in [0.25, 0.3) is 11.3 Å². The van der Waals surface area contributed by atoms with Crippen LogP contribution in [0.1, 0.15) is 11.4 Å². The number of nitrogens with two attached hydrogens (primary N) is 1. The molecular formula is C18H21N4+. The number of hydrogen-bond donors (Lipinski definition) is 1. The van der Waals surface area contributed by atoms with Crippen LogP contribution in [0.3, 0.4) is 0 Å². The lowest BCUT2D eigenvalue weighted by Crippen LogP contribution is -2.34. The van der Waals surface area contributed by atoms with Crippen LogP contribution in [-0.2, 0) is 13.1 Å². The van der Waals surface area contributed by atoms with Crippen LogP contribution in [0, 0.1) is 6.92 Å². The average Bonchev–Trinajstić information content (AvgIpc) is 2.92. The number of benzene rings is 1. The molecule has 3 rings (SSSR count). The first kappa shape index (κ1) is 14.5. The molecule has 0 saturated heterocycles. The zero-order valence-electron chi connectivity index (χ0n) is 12.8. The number of nitrogens with zero attached hydrogens (tertiary/aromatic N) is 3. The summed E-state index contributed by atoms with van der Waals surface area (Å²) >= 11 is 0. The van der Waals surface area contributed by atoms with Gasteiger partial charge in [-0.3, -0.25) is 0 Å². The van der Waals surface area contributed by atoms with E-state index in [1.165, 1.54) is 5.56 Å². The minimum atomic E-state index is 0.607. The first-order valence-corrected chi connectivity index (χ1v) is 7.53. The van der Waals surface area contributed by atoms with Crippen molar-refractivity contribution in [3.8, 4) is 11.3 Å². The van der Waals surface area contributed by atoms with Gasteiger partial charge in [-0.2, -0.15) is 4.57 Å². The van der Waals surface area contributed by atoms with Gasteiger partial charge >= 0.3 is 0 Å². The minimum Gasteiger partial charge on any atom is -0.329 e. The predicted octanol–water partition coefficient (Wildman–Crippen LogP) is 2.15. The topological polar surface area (TPSA) is 47.7 Å². The molecule has 0 saturated carbocycles. The third-order valence-corrected chi connectivity index (χ3v) is 3.68. The average molecular weight is 293 g/mol. The number of hydrogen-bond acceptors (Lipinski definition) is 2. The van der Waals surface area contributed by atoms with E-state index in [2.05, 4.69) is 46.5 Å². The van der Waals surface area contributed by atoms with Crippen molar-refractivity contribution >= 4 is 0 Å². The number of imidazole rings is 1. The Bertz CT molecular complexity index is 730. The second-order valence-electron chi connectivity index (χ2n) is 5.44. The van der Waals surface area contributed by atoms with Gasteiger partial charge in [-0.15, -0.1) is 0 Å². The normalized spacial score (nSPS) is 10.8. The van der Waals surface area contributed by atoms with E-state index in [0.717, 1.165) is 30.2 Å². The summed E-state index contributed by atoms with van der Waals surface area (Å²) in [4.78, 5) is 4.81. The van der Waals surface area contributed by atoms with Gasteiger partial charge < -0.3 is 10.3 Å². The molecule has 0 atom stereocenters. The first-order chi connectivity index (χ1) is 10.8. The van der Waals surface area contributed by atoms with Crippen molar-refractivity contribution in [3.63, 3.8) is 0 Å². The fraction of sp³-hybridized carbons (Fsp3) is 0.222. The van der Waals surface area contributed by atoms with Crippen molar-refractivity contribution in [2.24, 2.45) is 5.73 Å². The van der Waals surface area contributed by atoms with E-state index in [1.807, 2.05) is 30.6 Å². The Kier molecular flexibility index (Phi) is 4.30. The molecule has 1 aromatic carbocycles. The smallest absolute Gasteiger partial charge is 0.206 e. The molecule has 4 nitrogen and oxygen atoms in total. The van der Waals surface area contributed by atoms with E-state index in [4.69, 9.17) is 10.7 Å². The highest BCUT2D eigenvalue weighted by Gasteiger charge is 2.13. The summed E-state index contributed by atoms with van der Waals surface area (Å²) in [6, 6.07) is 14.5. The Morgan fingerprint density at radius 1 is 1.09 bits per heavy atom. The van der Waals surface area contributed by atoms with Crippen molar-refractivity contribution in [1.29, 1.82) is 0 Å². The van der Waals surface area contributed by atoms with Crippen LogP contribution in [0.15, 0.2) is 61.1 Å². The Hall–Kier alpha value is -2.46. The monoisotopic (exact) mass is 293 g/mol. The molecule has 0 radical (unpaired) electrons. The molecule has 0 spiro atoms. The summed E-state index contributed by atoms with van der Waals surface area (Å²) < 4.78 is 4.27. The van der Waals surface area contributed by atoms with E-state index >= 15 is 0 Å². The van der Waals surface area contributed by atoms with E-state index < -0.39 is 0 Å². The molecule has 0 aliphatic heterocycles. The van der Waals surface area contributed by atoms with Gasteiger partial charge in [0.25, 0.3) is 0 Å². The molecule has 3 aromatic rings. The van der Waals surface area contributed by atoms with Crippen molar-refractivity contribution in [2.75, 3.05) is 6.54 Å². The van der Waals surface area contributed by atoms with E-state index in [0.29, 0.717) is 6.54 Å². The predicted molar refractivity (Wildman–Crippen MR) is 87.2 cm³/mol. The summed E-state index contributed by atoms with van der Waals surface area (Å²) in [6.45, 7) is 4.22. The maximum atomic E-state index is 5.74. The summed E-state index contributed by atoms with van der Waals surface area (Å²) in [5.41, 5.74) is 9.13. The van der Waals surface area contributed by atoms with Gasteiger partial charge in [-0.05, 0) is 6.92 Å². The zero-order valence-corrected chi connectivity index (χ0v) is 12.8. The number of pyridine rings is 1. The molecule has 4 heteroatoms. The summed E-state index contributed by atoms with van der Waals surface area (Å²) in [5, 5.41) is 0. The van der Waals surface area contributed by atoms with Gasteiger partial charge in [0, 0.05) is 37.0 Å². The lowest BCUT2D eigenvalue weighted by atomic mass is 10.1. The van der Waals surface area contributed by atoms with Crippen LogP contribution >= 0.6 is 0 Å². The van der Waals surface area contributed by atoms with Gasteiger partial charge in [0.05, 0.1) is 5.69 Å². The van der Waals surface area contributed by atoms with Crippen LogP contribution in [0.2, 0.25) is 0 Å².